The van der Waals surface area contributed by atoms with E-state index in [1.165, 1.54) is 12.8 Å². The van der Waals surface area contributed by atoms with Crippen molar-refractivity contribution in [3.8, 4) is 0 Å². The van der Waals surface area contributed by atoms with Gasteiger partial charge in [0.05, 0.1) is 23.0 Å². The molecule has 2 aromatic rings. The molecule has 1 unspecified atom stereocenters. The maximum absolute atomic E-state index is 12.5. The van der Waals surface area contributed by atoms with Gasteiger partial charge in [-0.3, -0.25) is 9.36 Å². The fraction of sp³-hybridized carbons (Fsp3) is 0.556. The molecule has 1 aromatic heterocycles. The molecule has 0 amide bonds. The zero-order valence-electron chi connectivity index (χ0n) is 13.5. The molecule has 2 fully saturated rings. The lowest BCUT2D eigenvalue weighted by Gasteiger charge is -2.30. The summed E-state index contributed by atoms with van der Waals surface area (Å²) in [6.45, 7) is 1.44. The van der Waals surface area contributed by atoms with Gasteiger partial charge in [0.1, 0.15) is 5.82 Å². The lowest BCUT2D eigenvalue weighted by atomic mass is 9.92. The van der Waals surface area contributed by atoms with Gasteiger partial charge in [-0.25, -0.2) is 4.98 Å². The second-order valence-electron chi connectivity index (χ2n) is 6.75. The number of para-hydroxylation sites is 1. The van der Waals surface area contributed by atoms with Crippen LogP contribution in [0.15, 0.2) is 29.1 Å². The van der Waals surface area contributed by atoms with E-state index in [2.05, 4.69) is 10.3 Å². The number of aromatic nitrogens is 2. The highest BCUT2D eigenvalue weighted by Crippen LogP contribution is 2.41. The van der Waals surface area contributed by atoms with E-state index >= 15 is 0 Å². The smallest absolute Gasteiger partial charge is 0.261 e. The summed E-state index contributed by atoms with van der Waals surface area (Å²) in [5.74, 6) is 0.786. The minimum absolute atomic E-state index is 0.0191. The van der Waals surface area contributed by atoms with E-state index in [4.69, 9.17) is 4.74 Å². The standard InChI is InChI=1S/C18H23N3O2/c1-21-16(20-14-7-3-2-6-13(14)17(21)22)12-19-15-8-11-23-18(15)9-4-5-10-18/h2-3,6-7,15,19H,4-5,8-12H2,1H3. The molecule has 1 spiro atoms. The highest BCUT2D eigenvalue weighted by atomic mass is 16.5. The van der Waals surface area contributed by atoms with Gasteiger partial charge >= 0.3 is 0 Å². The van der Waals surface area contributed by atoms with Crippen LogP contribution < -0.4 is 10.9 Å². The van der Waals surface area contributed by atoms with Gasteiger partial charge in [0.2, 0.25) is 0 Å². The summed E-state index contributed by atoms with van der Waals surface area (Å²) in [7, 11) is 1.80. The SMILES string of the molecule is Cn1c(CNC2CCOC23CCCC3)nc2ccccc2c1=O. The predicted octanol–water partition coefficient (Wildman–Crippen LogP) is 2.12. The number of hydrogen-bond acceptors (Lipinski definition) is 4. The fourth-order valence-electron chi connectivity index (χ4n) is 4.13. The zero-order valence-corrected chi connectivity index (χ0v) is 13.5. The van der Waals surface area contributed by atoms with Crippen molar-refractivity contribution in [3.05, 3.63) is 40.4 Å². The summed E-state index contributed by atoms with van der Waals surface area (Å²) < 4.78 is 7.73. The molecule has 1 saturated heterocycles. The molecule has 5 nitrogen and oxygen atoms in total. The Labute approximate surface area is 135 Å². The van der Waals surface area contributed by atoms with E-state index in [-0.39, 0.29) is 11.2 Å². The molecule has 2 aliphatic rings. The molecule has 1 saturated carbocycles. The lowest BCUT2D eigenvalue weighted by molar-refractivity contribution is -0.00499. The Kier molecular flexibility index (Phi) is 3.70. The van der Waals surface area contributed by atoms with Gasteiger partial charge in [0.15, 0.2) is 0 Å². The predicted molar refractivity (Wildman–Crippen MR) is 89.4 cm³/mol. The molecule has 5 heteroatoms. The minimum Gasteiger partial charge on any atom is -0.373 e. The van der Waals surface area contributed by atoms with Crippen LogP contribution in [0.3, 0.4) is 0 Å². The van der Waals surface area contributed by atoms with Gasteiger partial charge in [-0.1, -0.05) is 25.0 Å². The lowest BCUT2D eigenvalue weighted by Crippen LogP contribution is -2.46. The second-order valence-corrected chi connectivity index (χ2v) is 6.75. The van der Waals surface area contributed by atoms with Crippen LogP contribution in [0.5, 0.6) is 0 Å². The van der Waals surface area contributed by atoms with Crippen molar-refractivity contribution < 1.29 is 4.74 Å². The largest absolute Gasteiger partial charge is 0.373 e. The van der Waals surface area contributed by atoms with Crippen molar-refractivity contribution in [1.29, 1.82) is 0 Å². The maximum atomic E-state index is 12.5. The first-order chi connectivity index (χ1) is 11.2. The van der Waals surface area contributed by atoms with E-state index in [1.54, 1.807) is 11.6 Å². The van der Waals surface area contributed by atoms with Crippen molar-refractivity contribution in [2.24, 2.45) is 7.05 Å². The highest BCUT2D eigenvalue weighted by molar-refractivity contribution is 5.77. The monoisotopic (exact) mass is 313 g/mol. The zero-order chi connectivity index (χ0) is 15.9. The molecular formula is C18H23N3O2. The first-order valence-electron chi connectivity index (χ1n) is 8.52. The van der Waals surface area contributed by atoms with Crippen LogP contribution in [0, 0.1) is 0 Å². The summed E-state index contributed by atoms with van der Waals surface area (Å²) in [5, 5.41) is 4.29. The molecule has 23 heavy (non-hydrogen) atoms. The number of fused-ring (bicyclic) bond motifs is 1. The molecule has 1 N–H and O–H groups in total. The topological polar surface area (TPSA) is 56.1 Å². The van der Waals surface area contributed by atoms with Crippen LogP contribution in [0.25, 0.3) is 10.9 Å². The number of rotatable bonds is 3. The van der Waals surface area contributed by atoms with E-state index in [0.717, 1.165) is 37.2 Å². The quantitative estimate of drug-likeness (QED) is 0.943. The van der Waals surface area contributed by atoms with E-state index in [9.17, 15) is 4.79 Å². The van der Waals surface area contributed by atoms with Crippen molar-refractivity contribution >= 4 is 10.9 Å². The van der Waals surface area contributed by atoms with E-state index in [0.29, 0.717) is 18.0 Å². The van der Waals surface area contributed by atoms with Crippen LogP contribution in [0.2, 0.25) is 0 Å². The molecule has 1 aromatic carbocycles. The normalized spacial score (nSPS) is 23.1. The van der Waals surface area contributed by atoms with Gasteiger partial charge in [-0.05, 0) is 31.4 Å². The van der Waals surface area contributed by atoms with Crippen molar-refractivity contribution in [1.82, 2.24) is 14.9 Å². The van der Waals surface area contributed by atoms with Crippen LogP contribution >= 0.6 is 0 Å². The number of nitrogens with one attached hydrogen (secondary N) is 1. The van der Waals surface area contributed by atoms with Crippen molar-refractivity contribution in [2.45, 2.75) is 50.3 Å². The molecule has 1 aliphatic carbocycles. The Hall–Kier alpha value is -1.72. The first kappa shape index (κ1) is 14.8. The summed E-state index contributed by atoms with van der Waals surface area (Å²) in [5.41, 5.74) is 0.812. The fourth-order valence-corrected chi connectivity index (χ4v) is 4.13. The van der Waals surface area contributed by atoms with Gasteiger partial charge in [-0.2, -0.15) is 0 Å². The van der Waals surface area contributed by atoms with Crippen LogP contribution in [0.1, 0.15) is 37.9 Å². The van der Waals surface area contributed by atoms with Crippen LogP contribution in [-0.2, 0) is 18.3 Å². The van der Waals surface area contributed by atoms with Crippen molar-refractivity contribution in [3.63, 3.8) is 0 Å². The maximum Gasteiger partial charge on any atom is 0.261 e. The molecule has 122 valence electrons. The summed E-state index contributed by atoms with van der Waals surface area (Å²) in [6, 6.07) is 7.90. The molecule has 4 rings (SSSR count). The summed E-state index contributed by atoms with van der Waals surface area (Å²) in [6.07, 6.45) is 5.85. The molecular weight excluding hydrogens is 290 g/mol. The number of hydrogen-bond donors (Lipinski definition) is 1. The van der Waals surface area contributed by atoms with Crippen LogP contribution in [-0.4, -0.2) is 27.8 Å². The average Bonchev–Trinajstić information content (AvgIpc) is 3.20. The Morgan fingerprint density at radius 1 is 1.35 bits per heavy atom. The Morgan fingerprint density at radius 3 is 2.96 bits per heavy atom. The third-order valence-electron chi connectivity index (χ3n) is 5.46. The Bertz CT molecular complexity index is 772. The summed E-state index contributed by atoms with van der Waals surface area (Å²) in [4.78, 5) is 17.1. The molecule has 0 bridgehead atoms. The molecule has 2 heterocycles. The highest BCUT2D eigenvalue weighted by Gasteiger charge is 2.45. The number of benzene rings is 1. The van der Waals surface area contributed by atoms with Gasteiger partial charge < -0.3 is 10.1 Å². The molecule has 1 atom stereocenters. The average molecular weight is 313 g/mol. The molecule has 0 radical (unpaired) electrons. The summed E-state index contributed by atoms with van der Waals surface area (Å²) >= 11 is 0. The Morgan fingerprint density at radius 2 is 2.13 bits per heavy atom. The van der Waals surface area contributed by atoms with Crippen LogP contribution in [0.4, 0.5) is 0 Å². The third-order valence-corrected chi connectivity index (χ3v) is 5.46. The van der Waals surface area contributed by atoms with E-state index in [1.807, 2.05) is 24.3 Å². The van der Waals surface area contributed by atoms with Crippen molar-refractivity contribution in [2.75, 3.05) is 6.61 Å². The van der Waals surface area contributed by atoms with Gasteiger partial charge in [0, 0.05) is 19.7 Å². The van der Waals surface area contributed by atoms with E-state index < -0.39 is 0 Å². The number of nitrogens with zero attached hydrogens (tertiary/aromatic N) is 2. The van der Waals surface area contributed by atoms with Gasteiger partial charge in [0.25, 0.3) is 5.56 Å². The Balaban J connectivity index is 1.58. The minimum atomic E-state index is 0.0191. The van der Waals surface area contributed by atoms with Gasteiger partial charge in [-0.15, -0.1) is 0 Å². The second kappa shape index (κ2) is 5.73. The first-order valence-corrected chi connectivity index (χ1v) is 8.52. The molecule has 1 aliphatic heterocycles. The third kappa shape index (κ3) is 2.48. The number of ether oxygens (including phenoxy) is 1.